The van der Waals surface area contributed by atoms with E-state index in [1.807, 2.05) is 60.7 Å². The van der Waals surface area contributed by atoms with Crippen molar-refractivity contribution in [2.75, 3.05) is 0 Å². The second kappa shape index (κ2) is 10.7. The van der Waals surface area contributed by atoms with E-state index >= 15 is 0 Å². The van der Waals surface area contributed by atoms with Crippen LogP contribution < -0.4 is 9.47 Å². The molecule has 7 heteroatoms. The van der Waals surface area contributed by atoms with Crippen LogP contribution >= 0.6 is 15.9 Å². The van der Waals surface area contributed by atoms with Crippen molar-refractivity contribution in [3.63, 3.8) is 0 Å². The minimum Gasteiger partial charge on any atom is -0.449 e. The number of hydrogen-bond acceptors (Lipinski definition) is 6. The zero-order chi connectivity index (χ0) is 23.1. The number of esters is 3. The van der Waals surface area contributed by atoms with E-state index in [0.29, 0.717) is 5.56 Å². The summed E-state index contributed by atoms with van der Waals surface area (Å²) in [6, 6.07) is 21.6. The van der Waals surface area contributed by atoms with Gasteiger partial charge in [-0.3, -0.25) is 9.59 Å². The Balaban J connectivity index is 2.02. The van der Waals surface area contributed by atoms with Gasteiger partial charge in [-0.1, -0.05) is 76.6 Å². The van der Waals surface area contributed by atoms with Gasteiger partial charge in [0.25, 0.3) is 0 Å². The fourth-order valence-electron chi connectivity index (χ4n) is 3.13. The zero-order valence-corrected chi connectivity index (χ0v) is 19.1. The maximum absolute atomic E-state index is 13.3. The molecule has 0 fully saturated rings. The molecule has 0 aliphatic carbocycles. The molecule has 0 aromatic heterocycles. The summed E-state index contributed by atoms with van der Waals surface area (Å²) in [5.41, 5.74) is 2.32. The number of benzene rings is 3. The van der Waals surface area contributed by atoms with E-state index in [-0.39, 0.29) is 22.4 Å². The third-order valence-electron chi connectivity index (χ3n) is 4.47. The van der Waals surface area contributed by atoms with Gasteiger partial charge < -0.3 is 14.2 Å². The highest BCUT2D eigenvalue weighted by Crippen LogP contribution is 2.34. The second-order valence-corrected chi connectivity index (χ2v) is 7.44. The first-order valence-electron chi connectivity index (χ1n) is 9.79. The molecule has 0 saturated heterocycles. The minimum atomic E-state index is -0.640. The number of halogens is 1. The third kappa shape index (κ3) is 5.82. The normalized spacial score (nSPS) is 10.5. The Bertz CT molecular complexity index is 1070. The summed E-state index contributed by atoms with van der Waals surface area (Å²) in [4.78, 5) is 36.3. The highest BCUT2D eigenvalue weighted by molar-refractivity contribution is 9.08. The molecule has 32 heavy (non-hydrogen) atoms. The van der Waals surface area contributed by atoms with Crippen LogP contribution in [0.25, 0.3) is 0 Å². The Morgan fingerprint density at radius 3 is 1.69 bits per heavy atom. The van der Waals surface area contributed by atoms with Gasteiger partial charge in [0.2, 0.25) is 0 Å². The van der Waals surface area contributed by atoms with Crippen molar-refractivity contribution in [2.24, 2.45) is 0 Å². The van der Waals surface area contributed by atoms with E-state index in [1.165, 1.54) is 26.0 Å². The summed E-state index contributed by atoms with van der Waals surface area (Å²) >= 11 is 3.35. The van der Waals surface area contributed by atoms with Gasteiger partial charge in [0, 0.05) is 19.2 Å². The topological polar surface area (TPSA) is 78.9 Å². The van der Waals surface area contributed by atoms with Crippen molar-refractivity contribution in [1.82, 2.24) is 0 Å². The van der Waals surface area contributed by atoms with Gasteiger partial charge in [0.15, 0.2) is 17.6 Å². The zero-order valence-electron chi connectivity index (χ0n) is 17.5. The number of carbonyl (C=O) groups excluding carboxylic acids is 3. The second-order valence-electron chi connectivity index (χ2n) is 6.88. The van der Waals surface area contributed by atoms with Gasteiger partial charge in [-0.25, -0.2) is 4.79 Å². The van der Waals surface area contributed by atoms with Gasteiger partial charge in [-0.15, -0.1) is 0 Å². The number of ether oxygens (including phenoxy) is 3. The number of carbonyl (C=O) groups is 3. The molecule has 0 spiro atoms. The van der Waals surface area contributed by atoms with Crippen LogP contribution in [0.1, 0.15) is 47.0 Å². The van der Waals surface area contributed by atoms with Crippen molar-refractivity contribution >= 4 is 33.8 Å². The lowest BCUT2D eigenvalue weighted by Gasteiger charge is -2.20. The molecule has 0 aliphatic rings. The fraction of sp³-hybridized carbons (Fsp3) is 0.160. The van der Waals surface area contributed by atoms with Crippen LogP contribution in [0.4, 0.5) is 0 Å². The predicted molar refractivity (Wildman–Crippen MR) is 122 cm³/mol. The molecule has 3 rings (SSSR count). The molecule has 0 amide bonds. The van der Waals surface area contributed by atoms with Gasteiger partial charge in [0.05, 0.1) is 5.56 Å². The molecule has 0 radical (unpaired) electrons. The quantitative estimate of drug-likeness (QED) is 0.248. The highest BCUT2D eigenvalue weighted by atomic mass is 79.9. The summed E-state index contributed by atoms with van der Waals surface area (Å²) in [6.45, 7) is 2.45. The van der Waals surface area contributed by atoms with Gasteiger partial charge in [0.1, 0.15) is 0 Å². The molecule has 0 saturated carbocycles. The lowest BCUT2D eigenvalue weighted by atomic mass is 10.0. The molecule has 0 atom stereocenters. The van der Waals surface area contributed by atoms with Crippen molar-refractivity contribution in [2.45, 2.75) is 25.3 Å². The SMILES string of the molecule is CC(=O)Oc1cc(CBr)c(C(=O)OC(c2ccccc2)c2ccccc2)cc1OC(C)=O. The third-order valence-corrected chi connectivity index (χ3v) is 5.07. The predicted octanol–water partition coefficient (Wildman–Crippen LogP) is 5.38. The first-order valence-corrected chi connectivity index (χ1v) is 10.9. The first kappa shape index (κ1) is 23.2. The van der Waals surface area contributed by atoms with E-state index in [0.717, 1.165) is 11.1 Å². The summed E-state index contributed by atoms with van der Waals surface area (Å²) in [5.74, 6) is -1.81. The monoisotopic (exact) mass is 496 g/mol. The number of alkyl halides is 1. The van der Waals surface area contributed by atoms with E-state index in [2.05, 4.69) is 15.9 Å². The van der Waals surface area contributed by atoms with Crippen LogP contribution in [0.2, 0.25) is 0 Å². The molecule has 0 bridgehead atoms. The number of hydrogen-bond donors (Lipinski definition) is 0. The van der Waals surface area contributed by atoms with E-state index in [4.69, 9.17) is 14.2 Å². The molecule has 3 aromatic carbocycles. The Kier molecular flexibility index (Phi) is 7.78. The molecular weight excluding hydrogens is 476 g/mol. The molecule has 164 valence electrons. The van der Waals surface area contributed by atoms with E-state index in [9.17, 15) is 14.4 Å². The van der Waals surface area contributed by atoms with Gasteiger partial charge in [-0.2, -0.15) is 0 Å². The van der Waals surface area contributed by atoms with Crippen LogP contribution in [0.15, 0.2) is 72.8 Å². The largest absolute Gasteiger partial charge is 0.449 e. The van der Waals surface area contributed by atoms with Crippen molar-refractivity contribution < 1.29 is 28.6 Å². The smallest absolute Gasteiger partial charge is 0.339 e. The van der Waals surface area contributed by atoms with Crippen LogP contribution in [-0.2, 0) is 19.7 Å². The van der Waals surface area contributed by atoms with Crippen LogP contribution in [0.3, 0.4) is 0 Å². The standard InChI is InChI=1S/C25H21BrO6/c1-16(27)30-22-13-20(15-26)21(14-23(22)31-17(2)28)25(29)32-24(18-9-5-3-6-10-18)19-11-7-4-8-12-19/h3-14,24H,15H2,1-2H3. The lowest BCUT2D eigenvalue weighted by Crippen LogP contribution is -2.16. The van der Waals surface area contributed by atoms with Gasteiger partial charge >= 0.3 is 17.9 Å². The highest BCUT2D eigenvalue weighted by Gasteiger charge is 2.24. The lowest BCUT2D eigenvalue weighted by molar-refractivity contribution is -0.134. The first-order chi connectivity index (χ1) is 15.4. The van der Waals surface area contributed by atoms with Crippen LogP contribution in [0, 0.1) is 0 Å². The molecule has 3 aromatic rings. The molecule has 0 N–H and O–H groups in total. The van der Waals surface area contributed by atoms with Crippen LogP contribution in [-0.4, -0.2) is 17.9 Å². The van der Waals surface area contributed by atoms with Crippen molar-refractivity contribution in [1.29, 1.82) is 0 Å². The average Bonchev–Trinajstić information content (AvgIpc) is 2.78. The summed E-state index contributed by atoms with van der Waals surface area (Å²) in [7, 11) is 0. The summed E-state index contributed by atoms with van der Waals surface area (Å²) in [5, 5.41) is 0.285. The fourth-order valence-corrected chi connectivity index (χ4v) is 3.59. The molecule has 0 heterocycles. The maximum atomic E-state index is 13.3. The van der Waals surface area contributed by atoms with E-state index < -0.39 is 24.0 Å². The van der Waals surface area contributed by atoms with E-state index in [1.54, 1.807) is 0 Å². The Morgan fingerprint density at radius 1 is 0.781 bits per heavy atom. The van der Waals surface area contributed by atoms with Gasteiger partial charge in [-0.05, 0) is 28.8 Å². The summed E-state index contributed by atoms with van der Waals surface area (Å²) < 4.78 is 16.2. The molecular formula is C25H21BrO6. The number of rotatable bonds is 7. The molecule has 0 unspecified atom stereocenters. The van der Waals surface area contributed by atoms with Crippen molar-refractivity contribution in [3.8, 4) is 11.5 Å². The molecule has 0 aliphatic heterocycles. The Morgan fingerprint density at radius 2 is 1.25 bits per heavy atom. The minimum absolute atomic E-state index is 0.0414. The van der Waals surface area contributed by atoms with Crippen molar-refractivity contribution in [3.05, 3.63) is 95.1 Å². The summed E-state index contributed by atoms with van der Waals surface area (Å²) in [6.07, 6.45) is -0.640. The Hall–Kier alpha value is -3.45. The molecule has 6 nitrogen and oxygen atoms in total. The Labute approximate surface area is 194 Å². The maximum Gasteiger partial charge on any atom is 0.339 e. The average molecular weight is 497 g/mol. The van der Waals surface area contributed by atoms with Crippen LogP contribution in [0.5, 0.6) is 11.5 Å².